The molecule has 0 saturated carbocycles. The van der Waals surface area contributed by atoms with Gasteiger partial charge >= 0.3 is 5.97 Å². The van der Waals surface area contributed by atoms with Gasteiger partial charge in [-0.2, -0.15) is 0 Å². The average molecular weight is 338 g/mol. The molecule has 0 fully saturated rings. The Morgan fingerprint density at radius 1 is 1.08 bits per heavy atom. The van der Waals surface area contributed by atoms with Crippen molar-refractivity contribution < 1.29 is 18.7 Å². The van der Waals surface area contributed by atoms with Crippen LogP contribution < -0.4 is 4.74 Å². The Kier molecular flexibility index (Phi) is 5.09. The molecule has 1 heterocycles. The minimum Gasteiger partial charge on any atom is -0.493 e. The zero-order valence-electron chi connectivity index (χ0n) is 14.0. The van der Waals surface area contributed by atoms with Crippen LogP contribution >= 0.6 is 0 Å². The van der Waals surface area contributed by atoms with Crippen LogP contribution in [-0.2, 0) is 4.74 Å². The molecule has 0 radical (unpaired) electrons. The lowest BCUT2D eigenvalue weighted by Crippen LogP contribution is -2.11. The summed E-state index contributed by atoms with van der Waals surface area (Å²) < 4.78 is 16.5. The van der Waals surface area contributed by atoms with Crippen molar-refractivity contribution in [2.24, 2.45) is 0 Å². The van der Waals surface area contributed by atoms with Crippen LogP contribution in [0.3, 0.4) is 0 Å². The lowest BCUT2D eigenvalue weighted by atomic mass is 10.2. The monoisotopic (exact) mass is 338 g/mol. The largest absolute Gasteiger partial charge is 0.493 e. The second kappa shape index (κ2) is 7.61. The van der Waals surface area contributed by atoms with E-state index >= 15 is 0 Å². The molecule has 3 rings (SSSR count). The molecule has 0 N–H and O–H groups in total. The Morgan fingerprint density at radius 2 is 1.80 bits per heavy atom. The molecular formula is C19H18N2O4. The number of nitrogens with zero attached hydrogens (tertiary/aromatic N) is 2. The van der Waals surface area contributed by atoms with Gasteiger partial charge in [-0.3, -0.25) is 0 Å². The van der Waals surface area contributed by atoms with Crippen molar-refractivity contribution in [2.45, 2.75) is 20.0 Å². The van der Waals surface area contributed by atoms with E-state index < -0.39 is 12.1 Å². The number of hydrogen-bond acceptors (Lipinski definition) is 6. The molecule has 0 aliphatic rings. The standard InChI is InChI=1S/C19H18N2O4/c1-3-23-16-12-8-7-11-15(16)19(22)24-13(2)17-20-21-18(25-17)14-9-5-4-6-10-14/h4-13H,3H2,1-2H3. The lowest BCUT2D eigenvalue weighted by Gasteiger charge is -2.12. The van der Waals surface area contributed by atoms with Gasteiger partial charge in [0.1, 0.15) is 11.3 Å². The third-order valence-corrected chi connectivity index (χ3v) is 3.50. The highest BCUT2D eigenvalue weighted by atomic mass is 16.6. The van der Waals surface area contributed by atoms with E-state index in [2.05, 4.69) is 10.2 Å². The van der Waals surface area contributed by atoms with Crippen LogP contribution in [0.1, 0.15) is 36.2 Å². The van der Waals surface area contributed by atoms with Crippen molar-refractivity contribution in [3.05, 3.63) is 66.1 Å². The van der Waals surface area contributed by atoms with Crippen molar-refractivity contribution in [2.75, 3.05) is 6.61 Å². The van der Waals surface area contributed by atoms with E-state index in [4.69, 9.17) is 13.9 Å². The van der Waals surface area contributed by atoms with Crippen LogP contribution in [0.25, 0.3) is 11.5 Å². The van der Waals surface area contributed by atoms with E-state index in [1.165, 1.54) is 0 Å². The van der Waals surface area contributed by atoms with Crippen LogP contribution in [0.4, 0.5) is 0 Å². The number of benzene rings is 2. The number of ether oxygens (including phenoxy) is 2. The van der Waals surface area contributed by atoms with Gasteiger partial charge in [0.25, 0.3) is 5.89 Å². The summed E-state index contributed by atoms with van der Waals surface area (Å²) in [5, 5.41) is 7.97. The van der Waals surface area contributed by atoms with Gasteiger partial charge in [-0.1, -0.05) is 30.3 Å². The van der Waals surface area contributed by atoms with Gasteiger partial charge in [0.2, 0.25) is 5.89 Å². The van der Waals surface area contributed by atoms with Gasteiger partial charge in [0.15, 0.2) is 6.10 Å². The molecule has 1 aromatic heterocycles. The highest BCUT2D eigenvalue weighted by molar-refractivity contribution is 5.92. The second-order valence-corrected chi connectivity index (χ2v) is 5.29. The predicted octanol–water partition coefficient (Wildman–Crippen LogP) is 4.05. The van der Waals surface area contributed by atoms with E-state index in [0.29, 0.717) is 23.8 Å². The summed E-state index contributed by atoms with van der Waals surface area (Å²) in [5.74, 6) is 0.600. The molecule has 0 amide bonds. The Morgan fingerprint density at radius 3 is 2.56 bits per heavy atom. The number of aromatic nitrogens is 2. The first-order chi connectivity index (χ1) is 12.2. The summed E-state index contributed by atoms with van der Waals surface area (Å²) >= 11 is 0. The molecule has 2 aromatic carbocycles. The third-order valence-electron chi connectivity index (χ3n) is 3.50. The van der Waals surface area contributed by atoms with Crippen LogP contribution in [0.2, 0.25) is 0 Å². The van der Waals surface area contributed by atoms with Crippen molar-refractivity contribution in [1.82, 2.24) is 10.2 Å². The fraction of sp³-hybridized carbons (Fsp3) is 0.211. The Hall–Kier alpha value is -3.15. The van der Waals surface area contributed by atoms with Gasteiger partial charge in [-0.25, -0.2) is 4.79 Å². The van der Waals surface area contributed by atoms with Crippen molar-refractivity contribution in [1.29, 1.82) is 0 Å². The summed E-state index contributed by atoms with van der Waals surface area (Å²) in [7, 11) is 0. The lowest BCUT2D eigenvalue weighted by molar-refractivity contribution is 0.0276. The van der Waals surface area contributed by atoms with Crippen LogP contribution in [0.5, 0.6) is 5.75 Å². The maximum absolute atomic E-state index is 12.4. The van der Waals surface area contributed by atoms with Crippen LogP contribution in [0, 0.1) is 0 Å². The first-order valence-corrected chi connectivity index (χ1v) is 8.00. The van der Waals surface area contributed by atoms with Gasteiger partial charge in [0, 0.05) is 5.56 Å². The van der Waals surface area contributed by atoms with Gasteiger partial charge in [0.05, 0.1) is 6.61 Å². The molecule has 0 saturated heterocycles. The molecule has 0 aliphatic heterocycles. The summed E-state index contributed by atoms with van der Waals surface area (Å²) in [4.78, 5) is 12.4. The molecular weight excluding hydrogens is 320 g/mol. The van der Waals surface area contributed by atoms with Crippen LogP contribution in [0.15, 0.2) is 59.0 Å². The third kappa shape index (κ3) is 3.85. The van der Waals surface area contributed by atoms with E-state index in [0.717, 1.165) is 5.56 Å². The molecule has 0 aliphatic carbocycles. The molecule has 128 valence electrons. The summed E-state index contributed by atoms with van der Waals surface area (Å²) in [5.41, 5.74) is 1.17. The van der Waals surface area contributed by atoms with Gasteiger partial charge in [-0.05, 0) is 38.1 Å². The van der Waals surface area contributed by atoms with Gasteiger partial charge < -0.3 is 13.9 Å². The van der Waals surface area contributed by atoms with Crippen LogP contribution in [-0.4, -0.2) is 22.8 Å². The average Bonchev–Trinajstić information content (AvgIpc) is 3.13. The minimum absolute atomic E-state index is 0.237. The maximum atomic E-state index is 12.4. The Balaban J connectivity index is 1.73. The number of rotatable bonds is 6. The van der Waals surface area contributed by atoms with Gasteiger partial charge in [-0.15, -0.1) is 10.2 Å². The fourth-order valence-electron chi connectivity index (χ4n) is 2.29. The second-order valence-electron chi connectivity index (χ2n) is 5.29. The molecule has 0 spiro atoms. The molecule has 1 atom stereocenters. The predicted molar refractivity (Wildman–Crippen MR) is 91.2 cm³/mol. The Labute approximate surface area is 145 Å². The molecule has 0 bridgehead atoms. The smallest absolute Gasteiger partial charge is 0.342 e. The Bertz CT molecular complexity index is 845. The fourth-order valence-corrected chi connectivity index (χ4v) is 2.29. The van der Waals surface area contributed by atoms with E-state index in [9.17, 15) is 4.79 Å². The highest BCUT2D eigenvalue weighted by Crippen LogP contribution is 2.25. The quantitative estimate of drug-likeness (QED) is 0.631. The van der Waals surface area contributed by atoms with E-state index in [1.807, 2.05) is 37.3 Å². The number of carbonyl (C=O) groups excluding carboxylic acids is 1. The van der Waals surface area contributed by atoms with Crippen molar-refractivity contribution in [3.8, 4) is 17.2 Å². The SMILES string of the molecule is CCOc1ccccc1C(=O)OC(C)c1nnc(-c2ccccc2)o1. The summed E-state index contributed by atoms with van der Waals surface area (Å²) in [6, 6.07) is 16.3. The van der Waals surface area contributed by atoms with Crippen molar-refractivity contribution in [3.63, 3.8) is 0 Å². The first-order valence-electron chi connectivity index (χ1n) is 8.00. The summed E-state index contributed by atoms with van der Waals surface area (Å²) in [6.07, 6.45) is -0.674. The first kappa shape index (κ1) is 16.7. The topological polar surface area (TPSA) is 74.5 Å². The highest BCUT2D eigenvalue weighted by Gasteiger charge is 2.21. The maximum Gasteiger partial charge on any atom is 0.342 e. The minimum atomic E-state index is -0.674. The molecule has 1 unspecified atom stereocenters. The number of carbonyl (C=O) groups is 1. The van der Waals surface area contributed by atoms with E-state index in [-0.39, 0.29) is 5.89 Å². The molecule has 3 aromatic rings. The summed E-state index contributed by atoms with van der Waals surface area (Å²) in [6.45, 7) is 4.00. The normalized spacial score (nSPS) is 11.8. The zero-order chi connectivity index (χ0) is 17.6. The number of hydrogen-bond donors (Lipinski definition) is 0. The molecule has 6 heteroatoms. The van der Waals surface area contributed by atoms with Crippen molar-refractivity contribution >= 4 is 5.97 Å². The molecule has 25 heavy (non-hydrogen) atoms. The van der Waals surface area contributed by atoms with E-state index in [1.54, 1.807) is 31.2 Å². The number of para-hydroxylation sites is 1. The zero-order valence-corrected chi connectivity index (χ0v) is 14.0. The number of esters is 1. The molecule has 6 nitrogen and oxygen atoms in total.